The predicted octanol–water partition coefficient (Wildman–Crippen LogP) is 8.71. The third-order valence-corrected chi connectivity index (χ3v) is 13.1. The number of rotatable bonds is 9. The molecule has 2 aromatic carbocycles. The molecule has 3 atom stereocenters. The van der Waals surface area contributed by atoms with Gasteiger partial charge in [-0.15, -0.1) is 0 Å². The van der Waals surface area contributed by atoms with Crippen LogP contribution in [0.3, 0.4) is 0 Å². The van der Waals surface area contributed by atoms with Gasteiger partial charge < -0.3 is 14.2 Å². The van der Waals surface area contributed by atoms with Crippen LogP contribution in [0.4, 0.5) is 4.39 Å². The van der Waals surface area contributed by atoms with Crippen LogP contribution in [0.5, 0.6) is 11.9 Å². The van der Waals surface area contributed by atoms with Gasteiger partial charge in [0.2, 0.25) is 5.88 Å². The lowest BCUT2D eigenvalue weighted by Gasteiger charge is -2.30. The Morgan fingerprint density at radius 1 is 0.981 bits per heavy atom. The molecular formula is C42H42ClFN6O3. The van der Waals surface area contributed by atoms with Gasteiger partial charge in [0.25, 0.3) is 0 Å². The lowest BCUT2D eigenvalue weighted by Crippen LogP contribution is -2.43. The van der Waals surface area contributed by atoms with Crippen molar-refractivity contribution >= 4 is 22.5 Å². The van der Waals surface area contributed by atoms with E-state index in [9.17, 15) is 4.39 Å². The van der Waals surface area contributed by atoms with E-state index < -0.39 is 6.17 Å². The number of benzene rings is 2. The summed E-state index contributed by atoms with van der Waals surface area (Å²) in [5.41, 5.74) is 8.59. The Hall–Kier alpha value is -4.12. The Bertz CT molecular complexity index is 2250. The van der Waals surface area contributed by atoms with Gasteiger partial charge in [-0.05, 0) is 105 Å². The highest BCUT2D eigenvalue weighted by molar-refractivity contribution is 6.33. The van der Waals surface area contributed by atoms with Crippen molar-refractivity contribution in [2.75, 3.05) is 26.3 Å². The first-order chi connectivity index (χ1) is 26.0. The summed E-state index contributed by atoms with van der Waals surface area (Å²) in [6.07, 6.45) is 12.6. The fourth-order valence-electron chi connectivity index (χ4n) is 9.97. The minimum atomic E-state index is -0.833. The molecule has 6 heterocycles. The van der Waals surface area contributed by atoms with Gasteiger partial charge in [-0.3, -0.25) is 9.88 Å². The molecule has 3 aromatic heterocycles. The quantitative estimate of drug-likeness (QED) is 0.149. The Labute approximate surface area is 312 Å². The second-order valence-corrected chi connectivity index (χ2v) is 16.5. The second-order valence-electron chi connectivity index (χ2n) is 16.1. The molecule has 5 aromatic rings. The number of ether oxygens (including phenoxy) is 3. The zero-order valence-corrected chi connectivity index (χ0v) is 30.5. The van der Waals surface area contributed by atoms with E-state index in [1.807, 2.05) is 35.3 Å². The van der Waals surface area contributed by atoms with Gasteiger partial charge in [-0.1, -0.05) is 41.9 Å². The zero-order valence-electron chi connectivity index (χ0n) is 29.7. The Morgan fingerprint density at radius 3 is 2.68 bits per heavy atom. The Balaban J connectivity index is 1.05. The van der Waals surface area contributed by atoms with Crippen LogP contribution in [0.25, 0.3) is 33.3 Å². The summed E-state index contributed by atoms with van der Waals surface area (Å²) in [5, 5.41) is 6.74. The third kappa shape index (κ3) is 5.15. The molecule has 3 aliphatic carbocycles. The number of nitrogens with zero attached hydrogens (tertiary/aromatic N) is 6. The van der Waals surface area contributed by atoms with Gasteiger partial charge in [0, 0.05) is 47.2 Å². The summed E-state index contributed by atoms with van der Waals surface area (Å²) >= 11 is 7.27. The lowest BCUT2D eigenvalue weighted by atomic mass is 9.88. The molecule has 0 N–H and O–H groups in total. The first-order valence-electron chi connectivity index (χ1n) is 19.4. The Morgan fingerprint density at radius 2 is 1.87 bits per heavy atom. The Kier molecular flexibility index (Phi) is 7.44. The first kappa shape index (κ1) is 32.3. The maximum Gasteiger partial charge on any atom is 0.320 e. The van der Waals surface area contributed by atoms with Crippen LogP contribution >= 0.6 is 11.6 Å². The van der Waals surface area contributed by atoms with E-state index in [4.69, 9.17) is 45.9 Å². The maximum atomic E-state index is 14.7. The molecule has 1 unspecified atom stereocenters. The van der Waals surface area contributed by atoms with Crippen molar-refractivity contribution in [3.8, 4) is 34.3 Å². The summed E-state index contributed by atoms with van der Waals surface area (Å²) < 4.78 is 36.1. The lowest BCUT2D eigenvalue weighted by molar-refractivity contribution is -0.0366. The van der Waals surface area contributed by atoms with Gasteiger partial charge in [-0.25, -0.2) is 9.07 Å². The van der Waals surface area contributed by atoms with Crippen LogP contribution in [0.15, 0.2) is 54.9 Å². The van der Waals surface area contributed by atoms with E-state index in [-0.39, 0.29) is 17.2 Å². The van der Waals surface area contributed by atoms with E-state index in [0.717, 1.165) is 132 Å². The summed E-state index contributed by atoms with van der Waals surface area (Å²) in [7, 11) is 0. The van der Waals surface area contributed by atoms with Crippen molar-refractivity contribution in [2.45, 2.75) is 100 Å². The molecule has 2 saturated carbocycles. The van der Waals surface area contributed by atoms with E-state index in [0.29, 0.717) is 44.0 Å². The van der Waals surface area contributed by atoms with Crippen LogP contribution in [-0.4, -0.2) is 67.6 Å². The number of aromatic nitrogens is 5. The molecule has 3 saturated heterocycles. The van der Waals surface area contributed by atoms with Crippen molar-refractivity contribution < 1.29 is 18.6 Å². The monoisotopic (exact) mass is 732 g/mol. The molecule has 0 amide bonds. The summed E-state index contributed by atoms with van der Waals surface area (Å²) in [4.78, 5) is 17.7. The highest BCUT2D eigenvalue weighted by atomic mass is 35.5. The van der Waals surface area contributed by atoms with Crippen molar-refractivity contribution in [2.24, 2.45) is 0 Å². The molecule has 11 rings (SSSR count). The highest BCUT2D eigenvalue weighted by Crippen LogP contribution is 2.66. The van der Waals surface area contributed by atoms with Crippen LogP contribution in [0, 0.1) is 0 Å². The van der Waals surface area contributed by atoms with E-state index in [1.165, 1.54) is 0 Å². The van der Waals surface area contributed by atoms with E-state index in [1.54, 1.807) is 0 Å². The normalized spacial score (nSPS) is 25.5. The molecule has 0 bridgehead atoms. The summed E-state index contributed by atoms with van der Waals surface area (Å²) in [6, 6.07) is 14.6. The number of alkyl halides is 1. The average Bonchev–Trinajstić information content (AvgIpc) is 4.05. The number of hydrogen-bond acceptors (Lipinski definition) is 8. The van der Waals surface area contributed by atoms with Gasteiger partial charge in [0.05, 0.1) is 34.2 Å². The van der Waals surface area contributed by atoms with Crippen LogP contribution < -0.4 is 9.47 Å². The summed E-state index contributed by atoms with van der Waals surface area (Å²) in [5.74, 6) is 0.888. The smallest absolute Gasteiger partial charge is 0.320 e. The predicted molar refractivity (Wildman–Crippen MR) is 199 cm³/mol. The molecule has 272 valence electrons. The molecule has 1 spiro atoms. The second kappa shape index (κ2) is 12.2. The standard InChI is InChI=1S/C42H42ClFN6O3/c43-30-19-31-29(21-46-50(31)32-9-4-5-18-51-32)34(33(30)26-10-11-26)37-36-28(12-16-45-37)35-38(42(36)14-15-42)47-40(48-39(35)52-23-25-7-2-1-3-8-25)53-24-41-13-6-17-49(41)22-27(44)20-41/h1-3,7-8,12,16,19,21,26-27,32H,4-6,9-11,13-15,17-18,20,22-24H2/t27-,32?,41+/m1/s1. The molecule has 5 fully saturated rings. The summed E-state index contributed by atoms with van der Waals surface area (Å²) in [6.45, 7) is 2.82. The molecule has 3 aliphatic heterocycles. The zero-order chi connectivity index (χ0) is 35.3. The highest BCUT2D eigenvalue weighted by Gasteiger charge is 2.57. The van der Waals surface area contributed by atoms with Crippen LogP contribution in [-0.2, 0) is 16.8 Å². The van der Waals surface area contributed by atoms with Gasteiger partial charge in [0.1, 0.15) is 19.4 Å². The van der Waals surface area contributed by atoms with Crippen molar-refractivity contribution in [1.29, 1.82) is 0 Å². The third-order valence-electron chi connectivity index (χ3n) is 12.8. The molecule has 53 heavy (non-hydrogen) atoms. The maximum absolute atomic E-state index is 14.7. The fraction of sp³-hybridized carbons (Fsp3) is 0.476. The molecule has 0 radical (unpaired) electrons. The van der Waals surface area contributed by atoms with Gasteiger partial charge >= 0.3 is 6.01 Å². The van der Waals surface area contributed by atoms with E-state index in [2.05, 4.69) is 29.2 Å². The van der Waals surface area contributed by atoms with Gasteiger partial charge in [-0.2, -0.15) is 15.1 Å². The van der Waals surface area contributed by atoms with Crippen molar-refractivity contribution in [3.05, 3.63) is 82.3 Å². The topological polar surface area (TPSA) is 87.4 Å². The average molecular weight is 733 g/mol. The van der Waals surface area contributed by atoms with Crippen LogP contribution in [0.1, 0.15) is 98.7 Å². The SMILES string of the molecule is F[C@H]1CN2CCC[C@@]2(COc2nc(OCc3ccccc3)c3c(n2)C2(CC2)c2c-3ccnc2-c2c(C3CC3)c(Cl)cc3c2cnn3C2CCCCO2)C1. The number of halogens is 2. The van der Waals surface area contributed by atoms with Crippen molar-refractivity contribution in [1.82, 2.24) is 29.6 Å². The molecular weight excluding hydrogens is 691 g/mol. The van der Waals surface area contributed by atoms with E-state index >= 15 is 0 Å². The number of hydrogen-bond donors (Lipinski definition) is 0. The fourth-order valence-corrected chi connectivity index (χ4v) is 10.3. The number of fused-ring (bicyclic) bond motifs is 7. The molecule has 6 aliphatic rings. The minimum absolute atomic E-state index is 0.112. The van der Waals surface area contributed by atoms with Crippen LogP contribution in [0.2, 0.25) is 5.02 Å². The molecule has 9 nitrogen and oxygen atoms in total. The minimum Gasteiger partial charge on any atom is -0.472 e. The number of pyridine rings is 1. The largest absolute Gasteiger partial charge is 0.472 e. The first-order valence-corrected chi connectivity index (χ1v) is 19.8. The van der Waals surface area contributed by atoms with Gasteiger partial charge in [0.15, 0.2) is 6.23 Å². The van der Waals surface area contributed by atoms with Crippen molar-refractivity contribution in [3.63, 3.8) is 0 Å². The molecule has 11 heteroatoms.